The van der Waals surface area contributed by atoms with Gasteiger partial charge in [0.1, 0.15) is 6.04 Å². The molecule has 0 fully saturated rings. The lowest BCUT2D eigenvalue weighted by Crippen LogP contribution is -2.44. The quantitative estimate of drug-likeness (QED) is 0.920. The average molecular weight is 323 g/mol. The minimum atomic E-state index is -0.984. The highest BCUT2D eigenvalue weighted by molar-refractivity contribution is 5.98. The highest BCUT2D eigenvalue weighted by atomic mass is 16.4. The molecule has 0 aromatic heterocycles. The van der Waals surface area contributed by atoms with E-state index in [4.69, 9.17) is 0 Å². The molecule has 0 radical (unpaired) electrons. The summed E-state index contributed by atoms with van der Waals surface area (Å²) in [6.45, 7) is 0. The topological polar surface area (TPSA) is 57.6 Å². The van der Waals surface area contributed by atoms with Crippen LogP contribution in [0.15, 0.2) is 48.5 Å². The van der Waals surface area contributed by atoms with Gasteiger partial charge in [-0.15, -0.1) is 0 Å². The number of carboxylic acids is 1. The van der Waals surface area contributed by atoms with Crippen molar-refractivity contribution in [2.45, 2.75) is 31.7 Å². The lowest BCUT2D eigenvalue weighted by Gasteiger charge is -2.26. The Morgan fingerprint density at radius 1 is 1.08 bits per heavy atom. The molecule has 4 heteroatoms. The van der Waals surface area contributed by atoms with Crippen LogP contribution in [0, 0.1) is 0 Å². The van der Waals surface area contributed by atoms with Crippen molar-refractivity contribution in [1.82, 2.24) is 4.90 Å². The van der Waals surface area contributed by atoms with E-state index in [1.165, 1.54) is 10.5 Å². The van der Waals surface area contributed by atoms with Crippen LogP contribution in [0.2, 0.25) is 0 Å². The minimum absolute atomic E-state index is 0.211. The van der Waals surface area contributed by atoms with Gasteiger partial charge in [-0.1, -0.05) is 42.5 Å². The predicted octanol–water partition coefficient (Wildman–Crippen LogP) is 2.94. The maximum atomic E-state index is 12.9. The minimum Gasteiger partial charge on any atom is -0.480 e. The van der Waals surface area contributed by atoms with Crippen LogP contribution in [0.5, 0.6) is 0 Å². The van der Waals surface area contributed by atoms with E-state index in [0.29, 0.717) is 12.0 Å². The van der Waals surface area contributed by atoms with Crippen LogP contribution >= 0.6 is 0 Å². The molecule has 124 valence electrons. The maximum Gasteiger partial charge on any atom is 0.326 e. The number of nitrogens with zero attached hydrogens (tertiary/aromatic N) is 1. The van der Waals surface area contributed by atoms with Gasteiger partial charge in [0, 0.05) is 19.0 Å². The summed E-state index contributed by atoms with van der Waals surface area (Å²) in [4.78, 5) is 26.0. The van der Waals surface area contributed by atoms with E-state index in [-0.39, 0.29) is 5.91 Å². The Morgan fingerprint density at radius 3 is 2.54 bits per heavy atom. The summed E-state index contributed by atoms with van der Waals surface area (Å²) >= 11 is 0. The van der Waals surface area contributed by atoms with Gasteiger partial charge in [-0.05, 0) is 42.0 Å². The first-order valence-corrected chi connectivity index (χ1v) is 8.22. The molecule has 1 atom stereocenters. The Labute approximate surface area is 141 Å². The molecule has 0 aliphatic heterocycles. The monoisotopic (exact) mass is 323 g/mol. The van der Waals surface area contributed by atoms with Crippen LogP contribution in [0.25, 0.3) is 0 Å². The summed E-state index contributed by atoms with van der Waals surface area (Å²) in [7, 11) is 1.58. The zero-order valence-electron chi connectivity index (χ0n) is 13.7. The van der Waals surface area contributed by atoms with Gasteiger partial charge in [-0.3, -0.25) is 4.79 Å². The van der Waals surface area contributed by atoms with E-state index in [2.05, 4.69) is 6.07 Å². The SMILES string of the molecule is CN(C(=O)c1cccc2c1CCC2)C(Cc1ccccc1)C(=O)O. The molecule has 1 amide bonds. The number of amides is 1. The molecular weight excluding hydrogens is 302 g/mol. The van der Waals surface area contributed by atoms with Gasteiger partial charge >= 0.3 is 5.97 Å². The van der Waals surface area contributed by atoms with Crippen molar-refractivity contribution >= 4 is 11.9 Å². The molecule has 3 rings (SSSR count). The van der Waals surface area contributed by atoms with Crippen molar-refractivity contribution < 1.29 is 14.7 Å². The molecule has 0 saturated carbocycles. The lowest BCUT2D eigenvalue weighted by molar-refractivity contribution is -0.141. The third-order valence-corrected chi connectivity index (χ3v) is 4.72. The Morgan fingerprint density at radius 2 is 1.83 bits per heavy atom. The van der Waals surface area contributed by atoms with Crippen LogP contribution in [0.1, 0.15) is 33.5 Å². The molecule has 1 N–H and O–H groups in total. The van der Waals surface area contributed by atoms with Crippen LogP contribution < -0.4 is 0 Å². The van der Waals surface area contributed by atoms with Gasteiger partial charge in [0.05, 0.1) is 0 Å². The van der Waals surface area contributed by atoms with Crippen molar-refractivity contribution in [3.05, 3.63) is 70.8 Å². The molecule has 2 aromatic carbocycles. The summed E-state index contributed by atoms with van der Waals surface area (Å²) in [5.41, 5.74) is 3.84. The predicted molar refractivity (Wildman–Crippen MR) is 92.1 cm³/mol. The first-order chi connectivity index (χ1) is 11.6. The van der Waals surface area contributed by atoms with Crippen LogP contribution in [-0.2, 0) is 24.1 Å². The van der Waals surface area contributed by atoms with E-state index >= 15 is 0 Å². The molecule has 1 unspecified atom stereocenters. The van der Waals surface area contributed by atoms with Crippen molar-refractivity contribution in [2.24, 2.45) is 0 Å². The smallest absolute Gasteiger partial charge is 0.326 e. The van der Waals surface area contributed by atoms with E-state index in [0.717, 1.165) is 30.4 Å². The fourth-order valence-corrected chi connectivity index (χ4v) is 3.38. The number of aryl methyl sites for hydroxylation is 1. The normalized spacial score (nSPS) is 14.0. The number of hydrogen-bond acceptors (Lipinski definition) is 2. The number of hydrogen-bond donors (Lipinski definition) is 1. The molecule has 4 nitrogen and oxygen atoms in total. The van der Waals surface area contributed by atoms with E-state index < -0.39 is 12.0 Å². The van der Waals surface area contributed by atoms with Gasteiger partial charge in [-0.25, -0.2) is 4.79 Å². The Bertz CT molecular complexity index is 755. The van der Waals surface area contributed by atoms with Crippen LogP contribution in [0.3, 0.4) is 0 Å². The Kier molecular flexibility index (Phi) is 4.65. The van der Waals surface area contributed by atoms with Gasteiger partial charge in [0.15, 0.2) is 0 Å². The fourth-order valence-electron chi connectivity index (χ4n) is 3.38. The average Bonchev–Trinajstić information content (AvgIpc) is 3.07. The van der Waals surface area contributed by atoms with Crippen LogP contribution in [-0.4, -0.2) is 35.0 Å². The number of rotatable bonds is 5. The fraction of sp³-hybridized carbons (Fsp3) is 0.300. The summed E-state index contributed by atoms with van der Waals surface area (Å²) < 4.78 is 0. The molecule has 1 aliphatic carbocycles. The largest absolute Gasteiger partial charge is 0.480 e. The first kappa shape index (κ1) is 16.2. The van der Waals surface area contributed by atoms with Gasteiger partial charge in [0.25, 0.3) is 5.91 Å². The summed E-state index contributed by atoms with van der Waals surface area (Å²) in [5, 5.41) is 9.60. The molecular formula is C20H21NO3. The number of benzene rings is 2. The number of fused-ring (bicyclic) bond motifs is 1. The number of aliphatic carboxylic acids is 1. The molecule has 0 bridgehead atoms. The number of carbonyl (C=O) groups excluding carboxylic acids is 1. The highest BCUT2D eigenvalue weighted by Gasteiger charge is 2.29. The zero-order chi connectivity index (χ0) is 17.1. The van der Waals surface area contributed by atoms with Gasteiger partial charge in [0.2, 0.25) is 0 Å². The standard InChI is InChI=1S/C20H21NO3/c1-21(18(20(23)24)13-14-7-3-2-4-8-14)19(22)17-12-6-10-15-9-5-11-16(15)17/h2-4,6-8,10,12,18H,5,9,11,13H2,1H3,(H,23,24). The van der Waals surface area contributed by atoms with Crippen molar-refractivity contribution in [3.63, 3.8) is 0 Å². The third kappa shape index (κ3) is 3.18. The summed E-state index contributed by atoms with van der Waals surface area (Å²) in [6, 6.07) is 14.3. The van der Waals surface area contributed by atoms with Gasteiger partial charge < -0.3 is 10.0 Å². The second-order valence-corrected chi connectivity index (χ2v) is 6.26. The number of carboxylic acid groups (broad SMARTS) is 1. The summed E-state index contributed by atoms with van der Waals surface area (Å²) in [5.74, 6) is -1.20. The lowest BCUT2D eigenvalue weighted by atomic mass is 10.00. The van der Waals surface area contributed by atoms with Crippen LogP contribution in [0.4, 0.5) is 0 Å². The maximum absolute atomic E-state index is 12.9. The first-order valence-electron chi connectivity index (χ1n) is 8.22. The second kappa shape index (κ2) is 6.87. The van der Waals surface area contributed by atoms with Gasteiger partial charge in [-0.2, -0.15) is 0 Å². The zero-order valence-corrected chi connectivity index (χ0v) is 13.7. The number of carbonyl (C=O) groups is 2. The van der Waals surface area contributed by atoms with Crippen molar-refractivity contribution in [2.75, 3.05) is 7.05 Å². The molecule has 0 spiro atoms. The Balaban J connectivity index is 1.85. The van der Waals surface area contributed by atoms with E-state index in [1.54, 1.807) is 7.05 Å². The molecule has 1 aliphatic rings. The van der Waals surface area contributed by atoms with Crippen molar-refractivity contribution in [1.29, 1.82) is 0 Å². The molecule has 0 saturated heterocycles. The number of likely N-dealkylation sites (N-methyl/N-ethyl adjacent to an activating group) is 1. The second-order valence-electron chi connectivity index (χ2n) is 6.26. The molecule has 24 heavy (non-hydrogen) atoms. The third-order valence-electron chi connectivity index (χ3n) is 4.72. The summed E-state index contributed by atoms with van der Waals surface area (Å²) in [6.07, 6.45) is 3.23. The van der Waals surface area contributed by atoms with E-state index in [9.17, 15) is 14.7 Å². The van der Waals surface area contributed by atoms with Crippen molar-refractivity contribution in [3.8, 4) is 0 Å². The molecule has 0 heterocycles. The Hall–Kier alpha value is -2.62. The molecule has 2 aromatic rings. The van der Waals surface area contributed by atoms with E-state index in [1.807, 2.05) is 42.5 Å². The highest BCUT2D eigenvalue weighted by Crippen LogP contribution is 2.26.